The van der Waals surface area contributed by atoms with Crippen molar-refractivity contribution in [1.29, 1.82) is 10.5 Å². The SMILES string of the molecule is CCCCSc1ccccc1C(CC#N)CC#N. The third-order valence-electron chi connectivity index (χ3n) is 2.79. The van der Waals surface area contributed by atoms with Crippen molar-refractivity contribution in [3.8, 4) is 12.1 Å². The maximum Gasteiger partial charge on any atom is 0.0628 e. The molecule has 0 fully saturated rings. The monoisotopic (exact) mass is 258 g/mol. The number of unbranched alkanes of at least 4 members (excludes halogenated alkanes) is 1. The van der Waals surface area contributed by atoms with Crippen molar-refractivity contribution >= 4 is 11.8 Å². The first-order valence-corrected chi connectivity index (χ1v) is 7.27. The largest absolute Gasteiger partial charge is 0.198 e. The summed E-state index contributed by atoms with van der Waals surface area (Å²) < 4.78 is 0. The first kappa shape index (κ1) is 14.6. The van der Waals surface area contributed by atoms with Crippen LogP contribution in [0.1, 0.15) is 44.1 Å². The van der Waals surface area contributed by atoms with E-state index < -0.39 is 0 Å². The number of hydrogen-bond donors (Lipinski definition) is 0. The summed E-state index contributed by atoms with van der Waals surface area (Å²) in [5.41, 5.74) is 1.15. The highest BCUT2D eigenvalue weighted by Gasteiger charge is 2.14. The molecule has 0 aromatic heterocycles. The molecule has 1 aromatic rings. The summed E-state index contributed by atoms with van der Waals surface area (Å²) in [5.74, 6) is 1.14. The molecule has 1 aromatic carbocycles. The Bertz CT molecular complexity index is 427. The van der Waals surface area contributed by atoms with Crippen molar-refractivity contribution in [2.75, 3.05) is 5.75 Å². The first-order chi connectivity index (χ1) is 8.83. The van der Waals surface area contributed by atoms with E-state index in [4.69, 9.17) is 10.5 Å². The number of rotatable bonds is 7. The van der Waals surface area contributed by atoms with Gasteiger partial charge >= 0.3 is 0 Å². The molecule has 0 saturated carbocycles. The standard InChI is InChI=1S/C15H18N2S/c1-2-3-12-18-15-7-5-4-6-14(15)13(8-10-16)9-11-17/h4-7,13H,2-3,8-9,12H2,1H3. The van der Waals surface area contributed by atoms with Gasteiger partial charge in [-0.2, -0.15) is 10.5 Å². The summed E-state index contributed by atoms with van der Waals surface area (Å²) in [7, 11) is 0. The Kier molecular flexibility index (Phi) is 6.99. The topological polar surface area (TPSA) is 47.6 Å². The molecule has 94 valence electrons. The molecule has 0 bridgehead atoms. The fourth-order valence-electron chi connectivity index (χ4n) is 1.79. The Balaban J connectivity index is 2.85. The van der Waals surface area contributed by atoms with Crippen LogP contribution in [0.25, 0.3) is 0 Å². The highest BCUT2D eigenvalue weighted by atomic mass is 32.2. The summed E-state index contributed by atoms with van der Waals surface area (Å²) in [4.78, 5) is 1.22. The second kappa shape index (κ2) is 8.61. The van der Waals surface area contributed by atoms with Gasteiger partial charge < -0.3 is 0 Å². The molecule has 0 N–H and O–H groups in total. The van der Waals surface area contributed by atoms with Gasteiger partial charge in [0.1, 0.15) is 0 Å². The summed E-state index contributed by atoms with van der Waals surface area (Å²) >= 11 is 1.83. The van der Waals surface area contributed by atoms with E-state index >= 15 is 0 Å². The van der Waals surface area contributed by atoms with Gasteiger partial charge in [0, 0.05) is 23.7 Å². The number of thioether (sulfide) groups is 1. The molecule has 1 rings (SSSR count). The Morgan fingerprint density at radius 1 is 1.17 bits per heavy atom. The molecule has 0 amide bonds. The van der Waals surface area contributed by atoms with Crippen LogP contribution in [0.3, 0.4) is 0 Å². The lowest BCUT2D eigenvalue weighted by molar-refractivity contribution is 0.711. The van der Waals surface area contributed by atoms with Crippen molar-refractivity contribution in [2.24, 2.45) is 0 Å². The predicted octanol–water partition coefficient (Wildman–Crippen LogP) is 4.49. The van der Waals surface area contributed by atoms with Gasteiger partial charge in [-0.3, -0.25) is 0 Å². The van der Waals surface area contributed by atoms with Crippen molar-refractivity contribution in [3.63, 3.8) is 0 Å². The normalized spacial score (nSPS) is 10.0. The van der Waals surface area contributed by atoms with E-state index in [2.05, 4.69) is 25.1 Å². The van der Waals surface area contributed by atoms with Gasteiger partial charge in [-0.05, 0) is 23.8 Å². The Hall–Kier alpha value is -1.45. The third-order valence-corrected chi connectivity index (χ3v) is 3.97. The second-order valence-corrected chi connectivity index (χ2v) is 5.30. The van der Waals surface area contributed by atoms with E-state index in [1.807, 2.05) is 30.0 Å². The smallest absolute Gasteiger partial charge is 0.0628 e. The molecule has 2 nitrogen and oxygen atoms in total. The van der Waals surface area contributed by atoms with E-state index in [-0.39, 0.29) is 5.92 Å². The van der Waals surface area contributed by atoms with Crippen LogP contribution in [0.5, 0.6) is 0 Å². The fourth-order valence-corrected chi connectivity index (χ4v) is 3.02. The minimum absolute atomic E-state index is 0.0466. The average molecular weight is 258 g/mol. The molecule has 0 radical (unpaired) electrons. The van der Waals surface area contributed by atoms with E-state index in [0.29, 0.717) is 12.8 Å². The fraction of sp³-hybridized carbons (Fsp3) is 0.467. The second-order valence-electron chi connectivity index (χ2n) is 4.16. The minimum atomic E-state index is 0.0466. The minimum Gasteiger partial charge on any atom is -0.198 e. The van der Waals surface area contributed by atoms with Crippen LogP contribution in [0.15, 0.2) is 29.2 Å². The highest BCUT2D eigenvalue weighted by molar-refractivity contribution is 7.99. The molecule has 0 atom stereocenters. The van der Waals surface area contributed by atoms with Crippen molar-refractivity contribution in [3.05, 3.63) is 29.8 Å². The van der Waals surface area contributed by atoms with Crippen molar-refractivity contribution in [1.82, 2.24) is 0 Å². The van der Waals surface area contributed by atoms with Crippen molar-refractivity contribution in [2.45, 2.75) is 43.4 Å². The molecule has 0 unspecified atom stereocenters. The first-order valence-electron chi connectivity index (χ1n) is 6.29. The molecule has 0 aliphatic rings. The van der Waals surface area contributed by atoms with Crippen LogP contribution in [0.2, 0.25) is 0 Å². The van der Waals surface area contributed by atoms with Gasteiger partial charge in [-0.25, -0.2) is 0 Å². The Morgan fingerprint density at radius 2 is 1.83 bits per heavy atom. The van der Waals surface area contributed by atoms with Gasteiger partial charge in [0.15, 0.2) is 0 Å². The van der Waals surface area contributed by atoms with Gasteiger partial charge in [0.2, 0.25) is 0 Å². The number of nitriles is 2. The van der Waals surface area contributed by atoms with Crippen LogP contribution in [-0.2, 0) is 0 Å². The zero-order valence-corrected chi connectivity index (χ0v) is 11.5. The van der Waals surface area contributed by atoms with Crippen LogP contribution in [-0.4, -0.2) is 5.75 Å². The van der Waals surface area contributed by atoms with Crippen LogP contribution < -0.4 is 0 Å². The molecule has 18 heavy (non-hydrogen) atoms. The Labute approximate surface area is 114 Å². The lowest BCUT2D eigenvalue weighted by atomic mass is 9.94. The van der Waals surface area contributed by atoms with E-state index in [1.165, 1.54) is 17.7 Å². The summed E-state index contributed by atoms with van der Waals surface area (Å²) in [5, 5.41) is 17.7. The van der Waals surface area contributed by atoms with E-state index in [0.717, 1.165) is 11.3 Å². The summed E-state index contributed by atoms with van der Waals surface area (Å²) in [6.45, 7) is 2.18. The highest BCUT2D eigenvalue weighted by Crippen LogP contribution is 2.32. The molecule has 0 aliphatic carbocycles. The maximum atomic E-state index is 8.86. The van der Waals surface area contributed by atoms with E-state index in [1.54, 1.807) is 0 Å². The molecule has 0 saturated heterocycles. The number of nitrogens with zero attached hydrogens (tertiary/aromatic N) is 2. The van der Waals surface area contributed by atoms with Gasteiger partial charge in [0.25, 0.3) is 0 Å². The maximum absolute atomic E-state index is 8.86. The number of hydrogen-bond acceptors (Lipinski definition) is 3. The van der Waals surface area contributed by atoms with E-state index in [9.17, 15) is 0 Å². The van der Waals surface area contributed by atoms with Crippen LogP contribution in [0.4, 0.5) is 0 Å². The predicted molar refractivity (Wildman–Crippen MR) is 75.3 cm³/mol. The average Bonchev–Trinajstić information content (AvgIpc) is 2.39. The van der Waals surface area contributed by atoms with Crippen molar-refractivity contribution < 1.29 is 0 Å². The van der Waals surface area contributed by atoms with Crippen LogP contribution >= 0.6 is 11.8 Å². The lowest BCUT2D eigenvalue weighted by Gasteiger charge is -2.15. The molecule has 0 aliphatic heterocycles. The molecule has 3 heteroatoms. The summed E-state index contributed by atoms with van der Waals surface area (Å²) in [6.07, 6.45) is 3.22. The molecular weight excluding hydrogens is 240 g/mol. The molecular formula is C15H18N2S. The third kappa shape index (κ3) is 4.43. The molecule has 0 spiro atoms. The summed E-state index contributed by atoms with van der Waals surface area (Å²) in [6, 6.07) is 12.5. The lowest BCUT2D eigenvalue weighted by Crippen LogP contribution is -1.99. The quantitative estimate of drug-likeness (QED) is 0.534. The molecule has 0 heterocycles. The van der Waals surface area contributed by atoms with Gasteiger partial charge in [-0.1, -0.05) is 31.5 Å². The zero-order chi connectivity index (χ0) is 13.2. The van der Waals surface area contributed by atoms with Crippen LogP contribution in [0, 0.1) is 22.7 Å². The zero-order valence-electron chi connectivity index (χ0n) is 10.7. The number of benzene rings is 1. The Morgan fingerprint density at radius 3 is 2.44 bits per heavy atom. The van der Waals surface area contributed by atoms with Gasteiger partial charge in [0.05, 0.1) is 12.1 Å². The van der Waals surface area contributed by atoms with Gasteiger partial charge in [-0.15, -0.1) is 11.8 Å².